The molecule has 5 heteroatoms. The van der Waals surface area contributed by atoms with E-state index in [-0.39, 0.29) is 7.43 Å². The van der Waals surface area contributed by atoms with E-state index in [1.54, 1.807) is 23.5 Å². The lowest BCUT2D eigenvalue weighted by atomic mass is 10.2. The Hall–Kier alpha value is -1.65. The number of nitrogens with one attached hydrogen (secondary N) is 1. The van der Waals surface area contributed by atoms with E-state index >= 15 is 0 Å². The normalized spacial score (nSPS) is 9.17. The molecule has 142 valence electrons. The van der Waals surface area contributed by atoms with Crippen LogP contribution in [0.2, 0.25) is 0 Å². The van der Waals surface area contributed by atoms with Crippen molar-refractivity contribution in [2.75, 3.05) is 0 Å². The van der Waals surface area contributed by atoms with Gasteiger partial charge in [0.25, 0.3) is 0 Å². The van der Waals surface area contributed by atoms with Crippen LogP contribution in [0.3, 0.4) is 0 Å². The second-order valence-electron chi connectivity index (χ2n) is 6.54. The Labute approximate surface area is 150 Å². The molecule has 0 aliphatic rings. The molecule has 0 saturated heterocycles. The number of imidazole rings is 1. The highest BCUT2D eigenvalue weighted by Gasteiger charge is 1.96. The fourth-order valence-electron chi connectivity index (χ4n) is 1.08. The molecular formula is C19H41N5. The van der Waals surface area contributed by atoms with E-state index in [2.05, 4.69) is 82.4 Å². The Morgan fingerprint density at radius 1 is 1.04 bits per heavy atom. The summed E-state index contributed by atoms with van der Waals surface area (Å²) < 4.78 is 1.81. The molecule has 0 aromatic carbocycles. The van der Waals surface area contributed by atoms with Gasteiger partial charge in [0.2, 0.25) is 0 Å². The molecule has 0 radical (unpaired) electrons. The third kappa shape index (κ3) is 18.4. The fraction of sp³-hybridized carbons (Fsp3) is 0.737. The minimum atomic E-state index is 0. The molecule has 0 fully saturated rings. The average Bonchev–Trinajstić information content (AvgIpc) is 3.14. The monoisotopic (exact) mass is 339 g/mol. The zero-order valence-corrected chi connectivity index (χ0v) is 16.5. The Balaban J connectivity index is -0.000000261. The molecule has 0 aliphatic heterocycles. The molecule has 0 saturated carbocycles. The number of rotatable bonds is 2. The molecule has 5 nitrogen and oxygen atoms in total. The van der Waals surface area contributed by atoms with E-state index in [0.29, 0.717) is 12.0 Å². The molecule has 0 unspecified atom stereocenters. The maximum atomic E-state index is 4.06. The van der Waals surface area contributed by atoms with Crippen LogP contribution in [0.1, 0.15) is 93.9 Å². The molecule has 1 N–H and O–H groups in total. The van der Waals surface area contributed by atoms with Gasteiger partial charge < -0.3 is 4.98 Å². The molecule has 0 bridgehead atoms. The Morgan fingerprint density at radius 3 is 1.71 bits per heavy atom. The Bertz CT molecular complexity index is 376. The van der Waals surface area contributed by atoms with Crippen LogP contribution in [0.5, 0.6) is 0 Å². The average molecular weight is 340 g/mol. The van der Waals surface area contributed by atoms with Crippen molar-refractivity contribution in [1.82, 2.24) is 24.7 Å². The van der Waals surface area contributed by atoms with Crippen LogP contribution in [-0.4, -0.2) is 24.7 Å². The molecule has 0 spiro atoms. The van der Waals surface area contributed by atoms with Crippen LogP contribution in [0.4, 0.5) is 0 Å². The fourth-order valence-corrected chi connectivity index (χ4v) is 1.08. The topological polar surface area (TPSA) is 59.4 Å². The van der Waals surface area contributed by atoms with Gasteiger partial charge in [-0.15, -0.1) is 0 Å². The SMILES string of the molecule is C.CC(C)C.CC(C)c1ncc[nH]1.CC(C)n1cncn1.CCC. The van der Waals surface area contributed by atoms with E-state index in [1.165, 1.54) is 6.42 Å². The van der Waals surface area contributed by atoms with Crippen LogP contribution in [-0.2, 0) is 0 Å². The van der Waals surface area contributed by atoms with Crippen molar-refractivity contribution in [3.8, 4) is 0 Å². The summed E-state index contributed by atoms with van der Waals surface area (Å²) in [7, 11) is 0. The zero-order valence-electron chi connectivity index (χ0n) is 16.5. The standard InChI is InChI=1S/C6H10N2.C5H9N3.C4H10.C3H8.CH4/c1-5(2)6-7-3-4-8-6;1-5(2)8-4-6-3-7-8;1-4(2)3;1-3-2;/h3-5H,1-2H3,(H,7,8);3-5H,1-2H3;4H,1-3H3;3H2,1-2H3;1H4. The van der Waals surface area contributed by atoms with Crippen molar-refractivity contribution in [3.05, 3.63) is 30.9 Å². The summed E-state index contributed by atoms with van der Waals surface area (Å²) in [5, 5.41) is 3.92. The number of nitrogens with zero attached hydrogens (tertiary/aromatic N) is 4. The van der Waals surface area contributed by atoms with Gasteiger partial charge in [0.15, 0.2) is 0 Å². The molecule has 2 heterocycles. The van der Waals surface area contributed by atoms with Crippen molar-refractivity contribution in [1.29, 1.82) is 0 Å². The highest BCUT2D eigenvalue weighted by Crippen LogP contribution is 2.05. The largest absolute Gasteiger partial charge is 0.348 e. The third-order valence-corrected chi connectivity index (χ3v) is 2.03. The van der Waals surface area contributed by atoms with Crippen LogP contribution in [0, 0.1) is 5.92 Å². The number of H-pyrrole nitrogens is 1. The number of hydrogen-bond acceptors (Lipinski definition) is 3. The lowest BCUT2D eigenvalue weighted by molar-refractivity contribution is 0.531. The summed E-state index contributed by atoms with van der Waals surface area (Å²) in [6.45, 7) is 19.1. The van der Waals surface area contributed by atoms with Gasteiger partial charge in [-0.25, -0.2) is 9.97 Å². The smallest absolute Gasteiger partial charge is 0.137 e. The van der Waals surface area contributed by atoms with Gasteiger partial charge in [0.05, 0.1) is 0 Å². The maximum absolute atomic E-state index is 4.06. The van der Waals surface area contributed by atoms with E-state index in [0.717, 1.165) is 11.7 Å². The number of aromatic nitrogens is 5. The lowest BCUT2D eigenvalue weighted by Gasteiger charge is -2.00. The van der Waals surface area contributed by atoms with Crippen molar-refractivity contribution in [2.45, 2.75) is 88.1 Å². The van der Waals surface area contributed by atoms with Crippen LogP contribution in [0.25, 0.3) is 0 Å². The van der Waals surface area contributed by atoms with E-state index < -0.39 is 0 Å². The van der Waals surface area contributed by atoms with Gasteiger partial charge in [0.1, 0.15) is 18.5 Å². The van der Waals surface area contributed by atoms with Crippen molar-refractivity contribution >= 4 is 0 Å². The summed E-state index contributed by atoms with van der Waals surface area (Å²) in [5.41, 5.74) is 0. The van der Waals surface area contributed by atoms with Gasteiger partial charge >= 0.3 is 0 Å². The molecule has 24 heavy (non-hydrogen) atoms. The third-order valence-electron chi connectivity index (χ3n) is 2.03. The summed E-state index contributed by atoms with van der Waals surface area (Å²) in [4.78, 5) is 10.9. The molecule has 0 atom stereocenters. The summed E-state index contributed by atoms with van der Waals surface area (Å²) in [5.74, 6) is 2.41. The molecule has 2 aromatic heterocycles. The minimum absolute atomic E-state index is 0. The molecule has 0 amide bonds. The summed E-state index contributed by atoms with van der Waals surface area (Å²) in [6, 6.07) is 0.428. The summed E-state index contributed by atoms with van der Waals surface area (Å²) >= 11 is 0. The van der Waals surface area contributed by atoms with Crippen molar-refractivity contribution in [2.24, 2.45) is 5.92 Å². The van der Waals surface area contributed by atoms with Gasteiger partial charge in [-0.05, 0) is 19.8 Å². The summed E-state index contributed by atoms with van der Waals surface area (Å²) in [6.07, 6.45) is 8.12. The predicted molar refractivity (Wildman–Crippen MR) is 106 cm³/mol. The van der Waals surface area contributed by atoms with Gasteiger partial charge in [-0.3, -0.25) is 4.68 Å². The quantitative estimate of drug-likeness (QED) is 0.718. The molecule has 2 rings (SSSR count). The number of hydrogen-bond donors (Lipinski definition) is 1. The van der Waals surface area contributed by atoms with E-state index in [9.17, 15) is 0 Å². The Morgan fingerprint density at radius 2 is 1.54 bits per heavy atom. The maximum Gasteiger partial charge on any atom is 0.137 e. The highest BCUT2D eigenvalue weighted by molar-refractivity contribution is 4.92. The zero-order chi connectivity index (χ0) is 18.3. The van der Waals surface area contributed by atoms with Crippen molar-refractivity contribution in [3.63, 3.8) is 0 Å². The Kier molecular flexibility index (Phi) is 20.1. The highest BCUT2D eigenvalue weighted by atomic mass is 15.3. The van der Waals surface area contributed by atoms with Crippen LogP contribution < -0.4 is 0 Å². The minimum Gasteiger partial charge on any atom is -0.348 e. The van der Waals surface area contributed by atoms with Gasteiger partial charge in [-0.1, -0.05) is 62.3 Å². The van der Waals surface area contributed by atoms with Crippen LogP contribution >= 0.6 is 0 Å². The van der Waals surface area contributed by atoms with Gasteiger partial charge in [-0.2, -0.15) is 5.10 Å². The molecule has 0 aliphatic carbocycles. The lowest BCUT2D eigenvalue weighted by Crippen LogP contribution is -1.99. The first kappa shape index (κ1) is 27.2. The number of aromatic amines is 1. The van der Waals surface area contributed by atoms with E-state index in [4.69, 9.17) is 0 Å². The molecule has 2 aromatic rings. The molecular weight excluding hydrogens is 298 g/mol. The second-order valence-corrected chi connectivity index (χ2v) is 6.54. The van der Waals surface area contributed by atoms with Crippen LogP contribution in [0.15, 0.2) is 25.0 Å². The van der Waals surface area contributed by atoms with Crippen molar-refractivity contribution < 1.29 is 0 Å². The first-order chi connectivity index (χ1) is 10.8. The first-order valence-electron chi connectivity index (χ1n) is 8.59. The van der Waals surface area contributed by atoms with E-state index in [1.807, 2.05) is 6.20 Å². The first-order valence-corrected chi connectivity index (χ1v) is 8.59. The second kappa shape index (κ2) is 17.7. The van der Waals surface area contributed by atoms with Gasteiger partial charge in [0, 0.05) is 24.4 Å². The predicted octanol–water partition coefficient (Wildman–Crippen LogP) is 6.11.